The number of rotatable bonds is 4. The zero-order valence-electron chi connectivity index (χ0n) is 16.7. The lowest BCUT2D eigenvalue weighted by atomic mass is 9.94. The van der Waals surface area contributed by atoms with Crippen LogP contribution in [0.25, 0.3) is 0 Å². The zero-order valence-corrected chi connectivity index (χ0v) is 17.5. The van der Waals surface area contributed by atoms with Crippen LogP contribution in [0.15, 0.2) is 65.6 Å². The minimum absolute atomic E-state index is 0.0728. The maximum Gasteiger partial charge on any atom is 0.185 e. The van der Waals surface area contributed by atoms with Gasteiger partial charge in [0.2, 0.25) is 0 Å². The largest absolute Gasteiger partial charge is 0.346 e. The van der Waals surface area contributed by atoms with Crippen molar-refractivity contribution in [2.75, 3.05) is 13.2 Å². The Labute approximate surface area is 172 Å². The molecule has 3 aliphatic heterocycles. The van der Waals surface area contributed by atoms with Crippen molar-refractivity contribution in [3.63, 3.8) is 0 Å². The second-order valence-electron chi connectivity index (χ2n) is 8.57. The van der Waals surface area contributed by atoms with Crippen molar-refractivity contribution < 1.29 is 17.9 Å². The average molecular weight is 414 g/mol. The summed E-state index contributed by atoms with van der Waals surface area (Å²) in [7, 11) is -3.52. The normalized spacial score (nSPS) is 31.3. The first-order valence-corrected chi connectivity index (χ1v) is 11.8. The third-order valence-electron chi connectivity index (χ3n) is 7.03. The van der Waals surface area contributed by atoms with E-state index in [0.717, 1.165) is 12.8 Å². The number of ether oxygens (including phenoxy) is 2. The van der Waals surface area contributed by atoms with Crippen molar-refractivity contribution in [1.29, 1.82) is 0 Å². The molecule has 2 aromatic rings. The lowest BCUT2D eigenvalue weighted by molar-refractivity contribution is -0.220. The zero-order chi connectivity index (χ0) is 20.1. The van der Waals surface area contributed by atoms with Crippen LogP contribution in [-0.4, -0.2) is 49.1 Å². The summed E-state index contributed by atoms with van der Waals surface area (Å²) in [6, 6.07) is 19.0. The quantitative estimate of drug-likeness (QED) is 0.769. The smallest absolute Gasteiger partial charge is 0.185 e. The minimum Gasteiger partial charge on any atom is -0.346 e. The molecule has 5 rings (SSSR count). The van der Waals surface area contributed by atoms with Gasteiger partial charge in [-0.15, -0.1) is 0 Å². The van der Waals surface area contributed by atoms with Crippen molar-refractivity contribution in [3.05, 3.63) is 66.2 Å². The van der Waals surface area contributed by atoms with Crippen molar-refractivity contribution in [3.8, 4) is 0 Å². The van der Waals surface area contributed by atoms with Crippen molar-refractivity contribution in [2.45, 2.75) is 60.2 Å². The third kappa shape index (κ3) is 2.88. The Morgan fingerprint density at radius 3 is 2.24 bits per heavy atom. The molecule has 5 nitrogen and oxygen atoms in total. The number of hydrogen-bond acceptors (Lipinski definition) is 5. The first kappa shape index (κ1) is 19.2. The predicted molar refractivity (Wildman–Crippen MR) is 110 cm³/mol. The Morgan fingerprint density at radius 2 is 1.59 bits per heavy atom. The standard InChI is InChI=1S/C23H27NO4S/c1-22(29(25,26)19-10-6-3-7-11-19)16-21-23(27-14-15-28-23)13-12-20(22)24(21)17-18-8-4-2-5-9-18/h2-11,20-21H,12-17H2,1H3/t20-,21-,22+/m1/s1. The van der Waals surface area contributed by atoms with E-state index in [2.05, 4.69) is 17.0 Å². The van der Waals surface area contributed by atoms with Gasteiger partial charge in [-0.25, -0.2) is 8.42 Å². The van der Waals surface area contributed by atoms with Crippen LogP contribution < -0.4 is 0 Å². The van der Waals surface area contributed by atoms with E-state index in [1.807, 2.05) is 31.2 Å². The van der Waals surface area contributed by atoms with E-state index >= 15 is 0 Å². The van der Waals surface area contributed by atoms with E-state index in [1.165, 1.54) is 5.56 Å². The van der Waals surface area contributed by atoms with Crippen molar-refractivity contribution in [2.24, 2.45) is 0 Å². The van der Waals surface area contributed by atoms with Crippen molar-refractivity contribution >= 4 is 9.84 Å². The van der Waals surface area contributed by atoms with Gasteiger partial charge in [0, 0.05) is 19.0 Å². The summed E-state index contributed by atoms with van der Waals surface area (Å²) in [5, 5.41) is 0. The first-order valence-electron chi connectivity index (χ1n) is 10.3. The number of nitrogens with zero attached hydrogens (tertiary/aromatic N) is 1. The molecule has 0 radical (unpaired) electrons. The molecule has 3 fully saturated rings. The van der Waals surface area contributed by atoms with Gasteiger partial charge in [-0.1, -0.05) is 48.5 Å². The number of piperidine rings is 1. The molecule has 0 unspecified atom stereocenters. The molecule has 29 heavy (non-hydrogen) atoms. The molecular weight excluding hydrogens is 386 g/mol. The summed E-state index contributed by atoms with van der Waals surface area (Å²) in [6.07, 6.45) is 2.00. The average Bonchev–Trinajstić information content (AvgIpc) is 3.28. The Hall–Kier alpha value is -1.73. The maximum atomic E-state index is 13.8. The molecule has 3 heterocycles. The molecule has 0 N–H and O–H groups in total. The predicted octanol–water partition coefficient (Wildman–Crippen LogP) is 3.40. The van der Waals surface area contributed by atoms with E-state index in [0.29, 0.717) is 31.1 Å². The topological polar surface area (TPSA) is 55.8 Å². The second kappa shape index (κ2) is 6.91. The monoisotopic (exact) mass is 413 g/mol. The van der Waals surface area contributed by atoms with Gasteiger partial charge in [-0.2, -0.15) is 0 Å². The summed E-state index contributed by atoms with van der Waals surface area (Å²) in [6.45, 7) is 3.77. The second-order valence-corrected chi connectivity index (χ2v) is 11.0. The fraction of sp³-hybridized carbons (Fsp3) is 0.478. The molecule has 0 aliphatic carbocycles. The van der Waals surface area contributed by atoms with Crippen LogP contribution >= 0.6 is 0 Å². The van der Waals surface area contributed by atoms with Gasteiger partial charge in [-0.3, -0.25) is 4.90 Å². The van der Waals surface area contributed by atoms with Crippen LogP contribution in [0.2, 0.25) is 0 Å². The highest BCUT2D eigenvalue weighted by atomic mass is 32.2. The molecule has 154 valence electrons. The molecule has 2 bridgehead atoms. The highest BCUT2D eigenvalue weighted by Gasteiger charge is 2.66. The van der Waals surface area contributed by atoms with E-state index in [9.17, 15) is 8.42 Å². The van der Waals surface area contributed by atoms with E-state index in [-0.39, 0.29) is 12.1 Å². The maximum absolute atomic E-state index is 13.8. The fourth-order valence-corrected chi connectivity index (χ4v) is 7.61. The minimum atomic E-state index is -3.52. The number of hydrogen-bond donors (Lipinski definition) is 0. The van der Waals surface area contributed by atoms with Crippen molar-refractivity contribution in [1.82, 2.24) is 4.90 Å². The lowest BCUT2D eigenvalue weighted by Crippen LogP contribution is -2.57. The summed E-state index contributed by atoms with van der Waals surface area (Å²) >= 11 is 0. The highest BCUT2D eigenvalue weighted by molar-refractivity contribution is 7.93. The summed E-state index contributed by atoms with van der Waals surface area (Å²) in [4.78, 5) is 2.74. The Kier molecular flexibility index (Phi) is 4.59. The molecule has 3 saturated heterocycles. The molecule has 0 aromatic heterocycles. The SMILES string of the molecule is C[C@]1(S(=O)(=O)c2ccccc2)C[C@H]2N(Cc3ccccc3)[C@@H]1CCC21OCCO1. The summed E-state index contributed by atoms with van der Waals surface area (Å²) in [5.74, 6) is -0.685. The van der Waals surface area contributed by atoms with Crippen LogP contribution in [0.4, 0.5) is 0 Å². The molecule has 6 heteroatoms. The number of benzene rings is 2. The molecule has 3 atom stereocenters. The lowest BCUT2D eigenvalue weighted by Gasteiger charge is -2.45. The van der Waals surface area contributed by atoms with E-state index < -0.39 is 20.4 Å². The molecule has 2 aromatic carbocycles. The fourth-order valence-electron chi connectivity index (χ4n) is 5.57. The Morgan fingerprint density at radius 1 is 0.966 bits per heavy atom. The Bertz CT molecular complexity index is 972. The van der Waals surface area contributed by atoms with Gasteiger partial charge >= 0.3 is 0 Å². The Balaban J connectivity index is 1.57. The van der Waals surface area contributed by atoms with Crippen LogP contribution in [0.1, 0.15) is 31.7 Å². The summed E-state index contributed by atoms with van der Waals surface area (Å²) in [5.41, 5.74) is 1.18. The van der Waals surface area contributed by atoms with Gasteiger partial charge in [-0.05, 0) is 37.5 Å². The third-order valence-corrected chi connectivity index (χ3v) is 9.59. The molecule has 0 amide bonds. The van der Waals surface area contributed by atoms with Gasteiger partial charge in [0.1, 0.15) is 0 Å². The van der Waals surface area contributed by atoms with Crippen LogP contribution in [-0.2, 0) is 25.9 Å². The molecule has 1 spiro atoms. The molecule has 0 saturated carbocycles. The van der Waals surface area contributed by atoms with Crippen LogP contribution in [0.5, 0.6) is 0 Å². The summed E-state index contributed by atoms with van der Waals surface area (Å²) < 4.78 is 39.0. The van der Waals surface area contributed by atoms with Crippen LogP contribution in [0.3, 0.4) is 0 Å². The molecular formula is C23H27NO4S. The van der Waals surface area contributed by atoms with Gasteiger partial charge < -0.3 is 9.47 Å². The van der Waals surface area contributed by atoms with Gasteiger partial charge in [0.05, 0.1) is 28.9 Å². The van der Waals surface area contributed by atoms with Gasteiger partial charge in [0.15, 0.2) is 15.6 Å². The number of fused-ring (bicyclic) bond motifs is 3. The van der Waals surface area contributed by atoms with E-state index in [1.54, 1.807) is 24.3 Å². The number of sulfone groups is 1. The van der Waals surface area contributed by atoms with Gasteiger partial charge in [0.25, 0.3) is 0 Å². The first-order chi connectivity index (χ1) is 14.0. The van der Waals surface area contributed by atoms with Crippen LogP contribution in [0, 0.1) is 0 Å². The van der Waals surface area contributed by atoms with E-state index in [4.69, 9.17) is 9.47 Å². The molecule has 3 aliphatic rings. The highest BCUT2D eigenvalue weighted by Crippen LogP contribution is 2.54.